The van der Waals surface area contributed by atoms with Crippen LogP contribution in [-0.4, -0.2) is 59.3 Å². The van der Waals surface area contributed by atoms with Crippen molar-refractivity contribution in [3.8, 4) is 0 Å². The van der Waals surface area contributed by atoms with E-state index >= 15 is 0 Å². The predicted octanol–water partition coefficient (Wildman–Crippen LogP) is 2.79. The zero-order chi connectivity index (χ0) is 16.2. The fourth-order valence-electron chi connectivity index (χ4n) is 3.67. The van der Waals surface area contributed by atoms with E-state index < -0.39 is 0 Å². The lowest BCUT2D eigenvalue weighted by Crippen LogP contribution is -2.46. The molecule has 2 aliphatic rings. The first-order valence-corrected chi connectivity index (χ1v) is 8.73. The molecule has 0 spiro atoms. The number of anilines is 1. The topological polar surface area (TPSA) is 55.8 Å². The molecule has 0 unspecified atom stereocenters. The van der Waals surface area contributed by atoms with Crippen LogP contribution in [0.2, 0.25) is 5.02 Å². The molecule has 1 aromatic rings. The molecule has 2 amide bonds. The number of rotatable bonds is 4. The van der Waals surface area contributed by atoms with Gasteiger partial charge in [-0.05, 0) is 50.4 Å². The lowest BCUT2D eigenvalue weighted by molar-refractivity contribution is 0.130. The molecule has 2 fully saturated rings. The quantitative estimate of drug-likeness (QED) is 0.888. The lowest BCUT2D eigenvalue weighted by Gasteiger charge is -2.31. The third-order valence-electron chi connectivity index (χ3n) is 4.87. The molecule has 2 heterocycles. The number of aliphatic hydroxyl groups excluding tert-OH is 1. The van der Waals surface area contributed by atoms with Crippen LogP contribution in [0.4, 0.5) is 10.5 Å². The van der Waals surface area contributed by atoms with E-state index in [-0.39, 0.29) is 24.7 Å². The Morgan fingerprint density at radius 2 is 2.04 bits per heavy atom. The van der Waals surface area contributed by atoms with Crippen molar-refractivity contribution >= 4 is 23.3 Å². The van der Waals surface area contributed by atoms with Gasteiger partial charge in [0, 0.05) is 35.9 Å². The molecule has 0 aromatic heterocycles. The summed E-state index contributed by atoms with van der Waals surface area (Å²) in [5.41, 5.74) is 0.725. The molecule has 126 valence electrons. The standard InChI is InChI=1S/C17H24ClN3O2/c18-13-4-1-5-14(10-13)19-17(23)21-9-3-6-15(21)11-20-8-2-7-16(20)12-22/h1,4-5,10,15-16,22H,2-3,6-9,11-12H2,(H,19,23)/t15-,16-/m1/s1. The van der Waals surface area contributed by atoms with Crippen molar-refractivity contribution in [2.24, 2.45) is 0 Å². The number of urea groups is 1. The summed E-state index contributed by atoms with van der Waals surface area (Å²) in [5, 5.41) is 13.0. The molecule has 0 bridgehead atoms. The molecule has 0 radical (unpaired) electrons. The van der Waals surface area contributed by atoms with E-state index in [1.807, 2.05) is 17.0 Å². The van der Waals surface area contributed by atoms with Crippen molar-refractivity contribution in [3.63, 3.8) is 0 Å². The Bertz CT molecular complexity index is 554. The maximum atomic E-state index is 12.6. The smallest absolute Gasteiger partial charge is 0.322 e. The Morgan fingerprint density at radius 1 is 1.26 bits per heavy atom. The van der Waals surface area contributed by atoms with Crippen molar-refractivity contribution in [1.29, 1.82) is 0 Å². The van der Waals surface area contributed by atoms with Crippen LogP contribution in [0.15, 0.2) is 24.3 Å². The highest BCUT2D eigenvalue weighted by Crippen LogP contribution is 2.24. The first kappa shape index (κ1) is 16.6. The summed E-state index contributed by atoms with van der Waals surface area (Å²) in [6.07, 6.45) is 4.24. The van der Waals surface area contributed by atoms with E-state index in [1.54, 1.807) is 12.1 Å². The van der Waals surface area contributed by atoms with Gasteiger partial charge in [0.25, 0.3) is 0 Å². The number of aliphatic hydroxyl groups is 1. The number of nitrogens with zero attached hydrogens (tertiary/aromatic N) is 2. The van der Waals surface area contributed by atoms with Crippen LogP contribution in [0.1, 0.15) is 25.7 Å². The third kappa shape index (κ3) is 3.97. The fourth-order valence-corrected chi connectivity index (χ4v) is 3.86. The van der Waals surface area contributed by atoms with E-state index in [1.165, 1.54) is 0 Å². The van der Waals surface area contributed by atoms with Crippen molar-refractivity contribution in [1.82, 2.24) is 9.80 Å². The van der Waals surface area contributed by atoms with Gasteiger partial charge in [0.1, 0.15) is 0 Å². The Morgan fingerprint density at radius 3 is 2.83 bits per heavy atom. The lowest BCUT2D eigenvalue weighted by atomic mass is 10.2. The molecular weight excluding hydrogens is 314 g/mol. The van der Waals surface area contributed by atoms with Crippen LogP contribution in [-0.2, 0) is 0 Å². The number of benzene rings is 1. The summed E-state index contributed by atoms with van der Waals surface area (Å²) in [6, 6.07) is 7.64. The fraction of sp³-hybridized carbons (Fsp3) is 0.588. The number of nitrogens with one attached hydrogen (secondary N) is 1. The van der Waals surface area contributed by atoms with Crippen LogP contribution in [0.5, 0.6) is 0 Å². The molecule has 2 saturated heterocycles. The second kappa shape index (κ2) is 7.51. The predicted molar refractivity (Wildman–Crippen MR) is 91.9 cm³/mol. The normalized spacial score (nSPS) is 25.0. The number of hydrogen-bond acceptors (Lipinski definition) is 3. The van der Waals surface area contributed by atoms with E-state index in [9.17, 15) is 9.90 Å². The Labute approximate surface area is 142 Å². The maximum absolute atomic E-state index is 12.6. The average Bonchev–Trinajstić information content (AvgIpc) is 3.16. The largest absolute Gasteiger partial charge is 0.395 e. The van der Waals surface area contributed by atoms with Crippen LogP contribution in [0, 0.1) is 0 Å². The summed E-state index contributed by atoms with van der Waals surface area (Å²) in [6.45, 7) is 2.87. The molecule has 0 aliphatic carbocycles. The third-order valence-corrected chi connectivity index (χ3v) is 5.10. The van der Waals surface area contributed by atoms with E-state index in [0.717, 1.165) is 51.0 Å². The maximum Gasteiger partial charge on any atom is 0.322 e. The van der Waals surface area contributed by atoms with Gasteiger partial charge in [0.15, 0.2) is 0 Å². The number of likely N-dealkylation sites (tertiary alicyclic amines) is 2. The van der Waals surface area contributed by atoms with Crippen molar-refractivity contribution < 1.29 is 9.90 Å². The van der Waals surface area contributed by atoms with Gasteiger partial charge in [0.2, 0.25) is 0 Å². The minimum absolute atomic E-state index is 0.0606. The molecule has 1 aromatic carbocycles. The number of carbonyl (C=O) groups is 1. The molecule has 5 nitrogen and oxygen atoms in total. The summed E-state index contributed by atoms with van der Waals surface area (Å²) < 4.78 is 0. The minimum atomic E-state index is -0.0606. The van der Waals surface area contributed by atoms with E-state index in [4.69, 9.17) is 11.6 Å². The monoisotopic (exact) mass is 337 g/mol. The van der Waals surface area contributed by atoms with Gasteiger partial charge in [-0.2, -0.15) is 0 Å². The SMILES string of the molecule is O=C(Nc1cccc(Cl)c1)N1CCC[C@@H]1CN1CCC[C@@H]1CO. The Hall–Kier alpha value is -1.30. The average molecular weight is 338 g/mol. The van der Waals surface area contributed by atoms with E-state index in [0.29, 0.717) is 5.02 Å². The number of amides is 2. The highest BCUT2D eigenvalue weighted by molar-refractivity contribution is 6.30. The molecular formula is C17H24ClN3O2. The first-order valence-electron chi connectivity index (χ1n) is 8.35. The molecule has 2 atom stereocenters. The zero-order valence-electron chi connectivity index (χ0n) is 13.2. The van der Waals surface area contributed by atoms with Crippen LogP contribution in [0.25, 0.3) is 0 Å². The summed E-state index contributed by atoms with van der Waals surface area (Å²) in [4.78, 5) is 16.8. The summed E-state index contributed by atoms with van der Waals surface area (Å²) in [7, 11) is 0. The first-order chi connectivity index (χ1) is 11.2. The molecule has 3 rings (SSSR count). The van der Waals surface area contributed by atoms with Crippen molar-refractivity contribution in [2.45, 2.75) is 37.8 Å². The molecule has 2 aliphatic heterocycles. The summed E-state index contributed by atoms with van der Waals surface area (Å²) in [5.74, 6) is 0. The van der Waals surface area contributed by atoms with Crippen LogP contribution in [0.3, 0.4) is 0 Å². The van der Waals surface area contributed by atoms with Gasteiger partial charge in [-0.3, -0.25) is 4.90 Å². The second-order valence-corrected chi connectivity index (χ2v) is 6.84. The molecule has 2 N–H and O–H groups in total. The Balaban J connectivity index is 1.60. The van der Waals surface area contributed by atoms with Gasteiger partial charge in [-0.1, -0.05) is 17.7 Å². The van der Waals surface area contributed by atoms with Gasteiger partial charge in [-0.25, -0.2) is 4.79 Å². The molecule has 6 heteroatoms. The highest BCUT2D eigenvalue weighted by Gasteiger charge is 2.33. The second-order valence-electron chi connectivity index (χ2n) is 6.40. The van der Waals surface area contributed by atoms with Gasteiger partial charge < -0.3 is 15.3 Å². The highest BCUT2D eigenvalue weighted by atomic mass is 35.5. The van der Waals surface area contributed by atoms with Crippen LogP contribution >= 0.6 is 11.6 Å². The van der Waals surface area contributed by atoms with Gasteiger partial charge in [0.05, 0.1) is 6.61 Å². The number of carbonyl (C=O) groups excluding carboxylic acids is 1. The van der Waals surface area contributed by atoms with Crippen molar-refractivity contribution in [2.75, 3.05) is 31.6 Å². The zero-order valence-corrected chi connectivity index (χ0v) is 14.0. The Kier molecular flexibility index (Phi) is 5.41. The number of halogens is 1. The van der Waals surface area contributed by atoms with Crippen LogP contribution < -0.4 is 5.32 Å². The van der Waals surface area contributed by atoms with Crippen molar-refractivity contribution in [3.05, 3.63) is 29.3 Å². The molecule has 23 heavy (non-hydrogen) atoms. The molecule has 0 saturated carbocycles. The number of hydrogen-bond donors (Lipinski definition) is 2. The summed E-state index contributed by atoms with van der Waals surface area (Å²) >= 11 is 5.97. The van der Waals surface area contributed by atoms with E-state index in [2.05, 4.69) is 10.2 Å². The van der Waals surface area contributed by atoms with Gasteiger partial charge >= 0.3 is 6.03 Å². The van der Waals surface area contributed by atoms with Gasteiger partial charge in [-0.15, -0.1) is 0 Å². The minimum Gasteiger partial charge on any atom is -0.395 e.